The van der Waals surface area contributed by atoms with E-state index in [1.54, 1.807) is 0 Å². The van der Waals surface area contributed by atoms with E-state index in [2.05, 4.69) is 45.1 Å². The molecule has 86 valence electrons. The lowest BCUT2D eigenvalue weighted by atomic mass is 10.1. The molecule has 0 radical (unpaired) electrons. The molecule has 1 aliphatic heterocycles. The van der Waals surface area contributed by atoms with Crippen molar-refractivity contribution in [2.45, 2.75) is 13.1 Å². The van der Waals surface area contributed by atoms with Gasteiger partial charge >= 0.3 is 0 Å². The summed E-state index contributed by atoms with van der Waals surface area (Å²) < 4.78 is 1.11. The van der Waals surface area contributed by atoms with E-state index in [1.165, 1.54) is 16.8 Å². The summed E-state index contributed by atoms with van der Waals surface area (Å²) in [5.74, 6) is 0. The normalized spacial score (nSPS) is 13.8. The molecule has 0 saturated heterocycles. The summed E-state index contributed by atoms with van der Waals surface area (Å²) in [4.78, 5) is 2.34. The molecule has 0 unspecified atom stereocenters. The minimum Gasteiger partial charge on any atom is -0.398 e. The third-order valence-electron chi connectivity index (χ3n) is 3.19. The molecule has 3 rings (SSSR count). The van der Waals surface area contributed by atoms with Crippen LogP contribution in [0.1, 0.15) is 11.1 Å². The van der Waals surface area contributed by atoms with Gasteiger partial charge < -0.3 is 10.6 Å². The predicted octanol–water partition coefficient (Wildman–Crippen LogP) is 3.55. The summed E-state index contributed by atoms with van der Waals surface area (Å²) in [6.07, 6.45) is 0. The van der Waals surface area contributed by atoms with E-state index in [0.717, 1.165) is 23.2 Å². The van der Waals surface area contributed by atoms with E-state index < -0.39 is 0 Å². The van der Waals surface area contributed by atoms with Crippen LogP contribution in [0.3, 0.4) is 0 Å². The molecule has 0 amide bonds. The Morgan fingerprint density at radius 1 is 1.06 bits per heavy atom. The van der Waals surface area contributed by atoms with Crippen molar-refractivity contribution in [1.29, 1.82) is 0 Å². The Hall–Kier alpha value is -1.48. The van der Waals surface area contributed by atoms with Crippen molar-refractivity contribution >= 4 is 27.3 Å². The third-order valence-corrected chi connectivity index (χ3v) is 3.69. The summed E-state index contributed by atoms with van der Waals surface area (Å²) in [6, 6.07) is 14.5. The predicted molar refractivity (Wildman–Crippen MR) is 74.9 cm³/mol. The fourth-order valence-electron chi connectivity index (χ4n) is 2.30. The second kappa shape index (κ2) is 4.08. The first kappa shape index (κ1) is 10.7. The molecule has 2 nitrogen and oxygen atoms in total. The number of fused-ring (bicyclic) bond motifs is 1. The summed E-state index contributed by atoms with van der Waals surface area (Å²) in [5.41, 5.74) is 10.7. The van der Waals surface area contributed by atoms with Crippen molar-refractivity contribution in [1.82, 2.24) is 0 Å². The lowest BCUT2D eigenvalue weighted by molar-refractivity contribution is 0.880. The quantitative estimate of drug-likeness (QED) is 0.813. The Kier molecular flexibility index (Phi) is 2.56. The molecule has 0 aliphatic carbocycles. The molecule has 0 saturated carbocycles. The van der Waals surface area contributed by atoms with Crippen LogP contribution in [0.5, 0.6) is 0 Å². The fourth-order valence-corrected chi connectivity index (χ4v) is 2.69. The smallest absolute Gasteiger partial charge is 0.0457 e. The minimum absolute atomic E-state index is 0.901. The Bertz CT molecular complexity index is 566. The van der Waals surface area contributed by atoms with Crippen LogP contribution in [-0.2, 0) is 13.1 Å². The average Bonchev–Trinajstić information content (AvgIpc) is 2.74. The average molecular weight is 289 g/mol. The molecule has 2 N–H and O–H groups in total. The highest BCUT2D eigenvalue weighted by Crippen LogP contribution is 2.32. The minimum atomic E-state index is 0.901. The number of halogens is 1. The van der Waals surface area contributed by atoms with Crippen LogP contribution in [0.15, 0.2) is 46.9 Å². The van der Waals surface area contributed by atoms with Crippen molar-refractivity contribution in [3.8, 4) is 0 Å². The summed E-state index contributed by atoms with van der Waals surface area (Å²) in [7, 11) is 0. The zero-order valence-electron chi connectivity index (χ0n) is 9.36. The third kappa shape index (κ3) is 1.91. The summed E-state index contributed by atoms with van der Waals surface area (Å²) in [6.45, 7) is 1.84. The van der Waals surface area contributed by atoms with Crippen LogP contribution < -0.4 is 10.6 Å². The van der Waals surface area contributed by atoms with Gasteiger partial charge in [0.15, 0.2) is 0 Å². The summed E-state index contributed by atoms with van der Waals surface area (Å²) >= 11 is 3.51. The van der Waals surface area contributed by atoms with Crippen molar-refractivity contribution < 1.29 is 0 Å². The topological polar surface area (TPSA) is 29.3 Å². The molecule has 0 aromatic heterocycles. The molecule has 17 heavy (non-hydrogen) atoms. The molecule has 0 bridgehead atoms. The van der Waals surface area contributed by atoms with Gasteiger partial charge in [-0.3, -0.25) is 0 Å². The number of rotatable bonds is 1. The second-order valence-corrected chi connectivity index (χ2v) is 5.24. The molecule has 1 aliphatic rings. The van der Waals surface area contributed by atoms with Crippen LogP contribution in [0.4, 0.5) is 11.4 Å². The van der Waals surface area contributed by atoms with Crippen molar-refractivity contribution in [2.24, 2.45) is 0 Å². The molecule has 3 heteroatoms. The number of hydrogen-bond donors (Lipinski definition) is 1. The van der Waals surface area contributed by atoms with Gasteiger partial charge in [0.1, 0.15) is 0 Å². The maximum absolute atomic E-state index is 6.01. The standard InChI is InChI=1S/C14H13BrN2/c15-11-4-2-5-12(7-11)17-8-10-3-1-6-14(16)13(10)9-17/h1-7H,8-9,16H2. The molecule has 0 fully saturated rings. The van der Waals surface area contributed by atoms with Gasteiger partial charge in [-0.2, -0.15) is 0 Å². The highest BCUT2D eigenvalue weighted by Gasteiger charge is 2.20. The monoisotopic (exact) mass is 288 g/mol. The van der Waals surface area contributed by atoms with Gasteiger partial charge in [-0.1, -0.05) is 34.1 Å². The van der Waals surface area contributed by atoms with Gasteiger partial charge in [0.25, 0.3) is 0 Å². The van der Waals surface area contributed by atoms with Crippen LogP contribution in [0.25, 0.3) is 0 Å². The van der Waals surface area contributed by atoms with Gasteiger partial charge in [0.05, 0.1) is 0 Å². The first-order valence-corrected chi connectivity index (χ1v) is 6.40. The maximum atomic E-state index is 6.01. The van der Waals surface area contributed by atoms with Crippen LogP contribution in [0, 0.1) is 0 Å². The van der Waals surface area contributed by atoms with E-state index in [4.69, 9.17) is 5.73 Å². The van der Waals surface area contributed by atoms with Crippen LogP contribution >= 0.6 is 15.9 Å². The maximum Gasteiger partial charge on any atom is 0.0457 e. The first-order chi connectivity index (χ1) is 8.24. The van der Waals surface area contributed by atoms with E-state index >= 15 is 0 Å². The van der Waals surface area contributed by atoms with Gasteiger partial charge in [-0.25, -0.2) is 0 Å². The van der Waals surface area contributed by atoms with Crippen LogP contribution in [0.2, 0.25) is 0 Å². The van der Waals surface area contributed by atoms with Gasteiger partial charge in [-0.15, -0.1) is 0 Å². The SMILES string of the molecule is Nc1cccc2c1CN(c1cccc(Br)c1)C2. The van der Waals surface area contributed by atoms with Crippen molar-refractivity contribution in [2.75, 3.05) is 10.6 Å². The highest BCUT2D eigenvalue weighted by atomic mass is 79.9. The van der Waals surface area contributed by atoms with Gasteiger partial charge in [-0.05, 0) is 35.4 Å². The largest absolute Gasteiger partial charge is 0.398 e. The first-order valence-electron chi connectivity index (χ1n) is 5.61. The highest BCUT2D eigenvalue weighted by molar-refractivity contribution is 9.10. The zero-order chi connectivity index (χ0) is 11.8. The van der Waals surface area contributed by atoms with Crippen LogP contribution in [-0.4, -0.2) is 0 Å². The Morgan fingerprint density at radius 2 is 1.88 bits per heavy atom. The number of nitrogen functional groups attached to an aromatic ring is 1. The van der Waals surface area contributed by atoms with Crippen molar-refractivity contribution in [3.05, 3.63) is 58.1 Å². The zero-order valence-corrected chi connectivity index (χ0v) is 10.9. The second-order valence-electron chi connectivity index (χ2n) is 4.32. The van der Waals surface area contributed by atoms with Gasteiger partial charge in [0.2, 0.25) is 0 Å². The molecule has 2 aromatic rings. The van der Waals surface area contributed by atoms with E-state index in [1.807, 2.05) is 18.2 Å². The molecule has 0 atom stereocenters. The molecular formula is C14H13BrN2. The molecule has 1 heterocycles. The number of nitrogens with two attached hydrogens (primary N) is 1. The van der Waals surface area contributed by atoms with E-state index in [9.17, 15) is 0 Å². The molecule has 2 aromatic carbocycles. The number of nitrogens with zero attached hydrogens (tertiary/aromatic N) is 1. The Morgan fingerprint density at radius 3 is 2.65 bits per heavy atom. The number of anilines is 2. The fraction of sp³-hybridized carbons (Fsp3) is 0.143. The van der Waals surface area contributed by atoms with E-state index in [-0.39, 0.29) is 0 Å². The Labute approximate surface area is 109 Å². The summed E-state index contributed by atoms with van der Waals surface area (Å²) in [5, 5.41) is 0. The van der Waals surface area contributed by atoms with E-state index in [0.29, 0.717) is 0 Å². The molecular weight excluding hydrogens is 276 g/mol. The number of benzene rings is 2. The van der Waals surface area contributed by atoms with Crippen molar-refractivity contribution in [3.63, 3.8) is 0 Å². The number of hydrogen-bond acceptors (Lipinski definition) is 2. The van der Waals surface area contributed by atoms with Gasteiger partial charge in [0, 0.05) is 28.9 Å². The Balaban J connectivity index is 1.94. The molecule has 0 spiro atoms. The lowest BCUT2D eigenvalue weighted by Crippen LogP contribution is -2.14. The lowest BCUT2D eigenvalue weighted by Gasteiger charge is -2.17.